The van der Waals surface area contributed by atoms with Crippen LogP contribution in [-0.2, 0) is 0 Å². The molecule has 29 heavy (non-hydrogen) atoms. The summed E-state index contributed by atoms with van der Waals surface area (Å²) < 4.78 is 26.4. The lowest BCUT2D eigenvalue weighted by molar-refractivity contribution is 0.102. The first-order chi connectivity index (χ1) is 14.0. The Labute approximate surface area is 167 Å². The van der Waals surface area contributed by atoms with Crippen LogP contribution in [0.2, 0.25) is 0 Å². The van der Waals surface area contributed by atoms with E-state index in [1.807, 2.05) is 24.3 Å². The van der Waals surface area contributed by atoms with Crippen molar-refractivity contribution in [2.75, 3.05) is 28.6 Å². The van der Waals surface area contributed by atoms with Gasteiger partial charge in [0, 0.05) is 42.4 Å². The second kappa shape index (κ2) is 9.09. The Morgan fingerprint density at radius 2 is 1.66 bits per heavy atom. The van der Waals surface area contributed by atoms with Crippen LogP contribution in [0.25, 0.3) is 0 Å². The molecule has 0 unspecified atom stereocenters. The summed E-state index contributed by atoms with van der Waals surface area (Å²) in [7, 11) is 0. The average molecular weight is 397 g/mol. The van der Waals surface area contributed by atoms with Gasteiger partial charge in [0.15, 0.2) is 11.6 Å². The zero-order valence-corrected chi connectivity index (χ0v) is 16.1. The minimum absolute atomic E-state index is 0.0977. The molecule has 2 N–H and O–H groups in total. The first-order valence-corrected chi connectivity index (χ1v) is 9.21. The normalized spacial score (nSPS) is 10.5. The molecule has 0 atom stereocenters. The maximum Gasteiger partial charge on any atom is 0.274 e. The van der Waals surface area contributed by atoms with E-state index in [0.29, 0.717) is 5.69 Å². The molecule has 2 aromatic carbocycles. The molecule has 0 spiro atoms. The van der Waals surface area contributed by atoms with Crippen molar-refractivity contribution in [2.45, 2.75) is 13.8 Å². The van der Waals surface area contributed by atoms with E-state index < -0.39 is 17.5 Å². The number of rotatable bonds is 7. The van der Waals surface area contributed by atoms with Crippen molar-refractivity contribution in [3.63, 3.8) is 0 Å². The van der Waals surface area contributed by atoms with Crippen LogP contribution in [0.5, 0.6) is 0 Å². The third kappa shape index (κ3) is 5.04. The van der Waals surface area contributed by atoms with Gasteiger partial charge in [-0.2, -0.15) is 0 Å². The van der Waals surface area contributed by atoms with Crippen molar-refractivity contribution in [3.8, 4) is 0 Å². The molecule has 0 aliphatic rings. The molecule has 8 heteroatoms. The zero-order valence-electron chi connectivity index (χ0n) is 16.1. The van der Waals surface area contributed by atoms with Crippen molar-refractivity contribution in [1.82, 2.24) is 9.97 Å². The van der Waals surface area contributed by atoms with E-state index in [1.54, 1.807) is 0 Å². The third-order valence-corrected chi connectivity index (χ3v) is 4.32. The van der Waals surface area contributed by atoms with Gasteiger partial charge in [0.2, 0.25) is 5.95 Å². The summed E-state index contributed by atoms with van der Waals surface area (Å²) in [6.45, 7) is 5.97. The number of aromatic nitrogens is 2. The molecule has 6 nitrogen and oxygen atoms in total. The van der Waals surface area contributed by atoms with Crippen molar-refractivity contribution < 1.29 is 13.6 Å². The Morgan fingerprint density at radius 3 is 2.31 bits per heavy atom. The number of halogens is 2. The number of nitrogens with one attached hydrogen (secondary N) is 2. The third-order valence-electron chi connectivity index (χ3n) is 4.32. The number of carbonyl (C=O) groups is 1. The molecule has 0 saturated carbocycles. The maximum atomic E-state index is 13.3. The molecule has 0 aliphatic carbocycles. The number of anilines is 4. The molecule has 1 aromatic heterocycles. The smallest absolute Gasteiger partial charge is 0.274 e. The fraction of sp³-hybridized carbons (Fsp3) is 0.190. The molecule has 0 fully saturated rings. The first-order valence-electron chi connectivity index (χ1n) is 9.21. The molecule has 0 bridgehead atoms. The molecule has 150 valence electrons. The monoisotopic (exact) mass is 397 g/mol. The van der Waals surface area contributed by atoms with E-state index in [1.165, 1.54) is 18.3 Å². The van der Waals surface area contributed by atoms with Gasteiger partial charge >= 0.3 is 0 Å². The first kappa shape index (κ1) is 20.2. The van der Waals surface area contributed by atoms with E-state index in [0.717, 1.165) is 30.9 Å². The molecule has 3 rings (SSSR count). The number of hydrogen-bond acceptors (Lipinski definition) is 5. The molecular formula is C21H21F2N5O. The van der Waals surface area contributed by atoms with Gasteiger partial charge in [-0.05, 0) is 56.3 Å². The number of hydrogen-bond donors (Lipinski definition) is 2. The second-order valence-electron chi connectivity index (χ2n) is 6.19. The lowest BCUT2D eigenvalue weighted by atomic mass is 10.2. The van der Waals surface area contributed by atoms with Gasteiger partial charge in [-0.3, -0.25) is 4.79 Å². The van der Waals surface area contributed by atoms with Crippen LogP contribution in [0, 0.1) is 11.6 Å². The van der Waals surface area contributed by atoms with Crippen LogP contribution in [0.15, 0.2) is 54.7 Å². The van der Waals surface area contributed by atoms with Gasteiger partial charge in [0.25, 0.3) is 5.91 Å². The number of carbonyl (C=O) groups excluding carboxylic acids is 1. The van der Waals surface area contributed by atoms with Crippen LogP contribution in [0.3, 0.4) is 0 Å². The minimum Gasteiger partial charge on any atom is -0.372 e. The van der Waals surface area contributed by atoms with Crippen molar-refractivity contribution in [3.05, 3.63) is 72.1 Å². The predicted octanol–water partition coefficient (Wildman–Crippen LogP) is 4.60. The van der Waals surface area contributed by atoms with Crippen molar-refractivity contribution in [2.24, 2.45) is 0 Å². The molecule has 3 aromatic rings. The summed E-state index contributed by atoms with van der Waals surface area (Å²) in [5, 5.41) is 5.53. The van der Waals surface area contributed by atoms with Crippen molar-refractivity contribution >= 4 is 28.9 Å². The van der Waals surface area contributed by atoms with E-state index >= 15 is 0 Å². The van der Waals surface area contributed by atoms with Gasteiger partial charge in [0.05, 0.1) is 0 Å². The Balaban J connectivity index is 1.69. The van der Waals surface area contributed by atoms with Gasteiger partial charge in [-0.15, -0.1) is 0 Å². The highest BCUT2D eigenvalue weighted by Crippen LogP contribution is 2.19. The Morgan fingerprint density at radius 1 is 0.966 bits per heavy atom. The summed E-state index contributed by atoms with van der Waals surface area (Å²) in [6, 6.07) is 12.3. The summed E-state index contributed by atoms with van der Waals surface area (Å²) in [5.74, 6) is -2.24. The second-order valence-corrected chi connectivity index (χ2v) is 6.19. The Hall–Kier alpha value is -3.55. The van der Waals surface area contributed by atoms with E-state index in [4.69, 9.17) is 0 Å². The molecular weight excluding hydrogens is 376 g/mol. The quantitative estimate of drug-likeness (QED) is 0.610. The van der Waals surface area contributed by atoms with E-state index in [9.17, 15) is 13.6 Å². The highest BCUT2D eigenvalue weighted by molar-refractivity contribution is 6.03. The average Bonchev–Trinajstić information content (AvgIpc) is 2.73. The molecule has 0 saturated heterocycles. The highest BCUT2D eigenvalue weighted by Gasteiger charge is 2.11. The minimum atomic E-state index is -0.989. The van der Waals surface area contributed by atoms with Gasteiger partial charge in [-0.1, -0.05) is 0 Å². The summed E-state index contributed by atoms with van der Waals surface area (Å²) >= 11 is 0. The fourth-order valence-electron chi connectivity index (χ4n) is 2.79. The number of benzene rings is 2. The topological polar surface area (TPSA) is 70.2 Å². The predicted molar refractivity (Wildman–Crippen MR) is 110 cm³/mol. The number of amides is 1. The molecule has 1 heterocycles. The van der Waals surface area contributed by atoms with E-state index in [-0.39, 0.29) is 17.3 Å². The fourth-order valence-corrected chi connectivity index (χ4v) is 2.79. The van der Waals surface area contributed by atoms with Crippen LogP contribution >= 0.6 is 0 Å². The van der Waals surface area contributed by atoms with E-state index in [2.05, 4.69) is 39.3 Å². The summed E-state index contributed by atoms with van der Waals surface area (Å²) in [4.78, 5) is 22.8. The SMILES string of the molecule is CCN(CC)c1ccc(NC(=O)c2ccnc(Nc3ccc(F)c(F)c3)n2)cc1. The van der Waals surface area contributed by atoms with Crippen LogP contribution in [0.1, 0.15) is 24.3 Å². The van der Waals surface area contributed by atoms with Crippen LogP contribution < -0.4 is 15.5 Å². The lowest BCUT2D eigenvalue weighted by Gasteiger charge is -2.21. The molecule has 1 amide bonds. The summed E-state index contributed by atoms with van der Waals surface area (Å²) in [6.07, 6.45) is 1.41. The Bertz CT molecular complexity index is 991. The highest BCUT2D eigenvalue weighted by atomic mass is 19.2. The zero-order chi connectivity index (χ0) is 20.8. The largest absolute Gasteiger partial charge is 0.372 e. The van der Waals surface area contributed by atoms with Crippen molar-refractivity contribution in [1.29, 1.82) is 0 Å². The van der Waals surface area contributed by atoms with Gasteiger partial charge in [-0.25, -0.2) is 18.7 Å². The molecule has 0 aliphatic heterocycles. The summed E-state index contributed by atoms with van der Waals surface area (Å²) in [5.41, 5.74) is 2.12. The van der Waals surface area contributed by atoms with Gasteiger partial charge < -0.3 is 15.5 Å². The lowest BCUT2D eigenvalue weighted by Crippen LogP contribution is -2.21. The number of nitrogens with zero attached hydrogens (tertiary/aromatic N) is 3. The standard InChI is InChI=1S/C21H21F2N5O/c1-3-28(4-2)16-8-5-14(6-9-16)25-20(29)19-11-12-24-21(27-19)26-15-7-10-17(22)18(23)13-15/h5-13H,3-4H2,1-2H3,(H,25,29)(H,24,26,27). The van der Waals surface area contributed by atoms with Crippen LogP contribution in [-0.4, -0.2) is 29.0 Å². The van der Waals surface area contributed by atoms with Crippen LogP contribution in [0.4, 0.5) is 31.8 Å². The Kier molecular flexibility index (Phi) is 6.33. The van der Waals surface area contributed by atoms with Gasteiger partial charge in [0.1, 0.15) is 5.69 Å². The maximum absolute atomic E-state index is 13.3. The molecule has 0 radical (unpaired) electrons.